The molecule has 0 saturated carbocycles. The average molecular weight is 403 g/mol. The Hall–Kier alpha value is -3.38. The van der Waals surface area contributed by atoms with E-state index in [1.165, 1.54) is 5.56 Å². The first-order valence-corrected chi connectivity index (χ1v) is 10.0. The number of anilines is 1. The molecule has 0 spiro atoms. The summed E-state index contributed by atoms with van der Waals surface area (Å²) in [5, 5.41) is 2.89. The largest absolute Gasteiger partial charge is 0.491 e. The van der Waals surface area contributed by atoms with Gasteiger partial charge in [0.05, 0.1) is 38.2 Å². The van der Waals surface area contributed by atoms with Gasteiger partial charge < -0.3 is 19.7 Å². The smallest absolute Gasteiger partial charge is 0.322 e. The van der Waals surface area contributed by atoms with E-state index >= 15 is 0 Å². The van der Waals surface area contributed by atoms with Crippen LogP contribution in [0, 0.1) is 6.92 Å². The van der Waals surface area contributed by atoms with Crippen LogP contribution in [0.2, 0.25) is 0 Å². The Bertz CT molecular complexity index is 990. The molecule has 1 aliphatic heterocycles. The van der Waals surface area contributed by atoms with Gasteiger partial charge in [-0.25, -0.2) is 4.79 Å². The molecule has 2 heterocycles. The topological polar surface area (TPSA) is 63.7 Å². The van der Waals surface area contributed by atoms with Gasteiger partial charge in [0.1, 0.15) is 12.4 Å². The lowest BCUT2D eigenvalue weighted by molar-refractivity contribution is 0.107. The SMILES string of the molecule is Cc1ccc(COCc2ccc3c(c2)CN(C(=O)Nc2cccnc2)CCO3)cc1. The molecule has 0 bridgehead atoms. The molecule has 4 rings (SSSR count). The summed E-state index contributed by atoms with van der Waals surface area (Å²) in [4.78, 5) is 18.5. The molecule has 1 aliphatic rings. The van der Waals surface area contributed by atoms with E-state index in [1.807, 2.05) is 18.2 Å². The number of fused-ring (bicyclic) bond motifs is 1. The summed E-state index contributed by atoms with van der Waals surface area (Å²) in [6.07, 6.45) is 3.30. The number of aromatic nitrogens is 1. The maximum absolute atomic E-state index is 12.7. The highest BCUT2D eigenvalue weighted by Gasteiger charge is 2.20. The third kappa shape index (κ3) is 5.15. The zero-order chi connectivity index (χ0) is 20.8. The van der Waals surface area contributed by atoms with Crippen molar-refractivity contribution in [3.8, 4) is 5.75 Å². The molecule has 0 saturated heterocycles. The van der Waals surface area contributed by atoms with E-state index in [0.717, 1.165) is 22.4 Å². The minimum Gasteiger partial charge on any atom is -0.491 e. The second kappa shape index (κ2) is 9.41. The molecule has 0 fully saturated rings. The van der Waals surface area contributed by atoms with E-state index < -0.39 is 0 Å². The lowest BCUT2D eigenvalue weighted by Gasteiger charge is -2.20. The molecule has 3 aromatic rings. The number of pyridine rings is 1. The van der Waals surface area contributed by atoms with Crippen molar-refractivity contribution in [1.82, 2.24) is 9.88 Å². The Kier molecular flexibility index (Phi) is 6.25. The predicted octanol–water partition coefficient (Wildman–Crippen LogP) is 4.53. The number of ether oxygens (including phenoxy) is 2. The number of hydrogen-bond donors (Lipinski definition) is 1. The monoisotopic (exact) mass is 403 g/mol. The number of amides is 2. The van der Waals surface area contributed by atoms with Gasteiger partial charge in [0.2, 0.25) is 0 Å². The summed E-state index contributed by atoms with van der Waals surface area (Å²) in [7, 11) is 0. The van der Waals surface area contributed by atoms with Crippen molar-refractivity contribution in [2.45, 2.75) is 26.7 Å². The summed E-state index contributed by atoms with van der Waals surface area (Å²) < 4.78 is 11.7. The quantitative estimate of drug-likeness (QED) is 0.680. The average Bonchev–Trinajstić information content (AvgIpc) is 2.98. The summed E-state index contributed by atoms with van der Waals surface area (Å²) >= 11 is 0. The van der Waals surface area contributed by atoms with Crippen LogP contribution < -0.4 is 10.1 Å². The van der Waals surface area contributed by atoms with Crippen LogP contribution in [0.25, 0.3) is 0 Å². The fourth-order valence-corrected chi connectivity index (χ4v) is 3.32. The molecule has 0 radical (unpaired) electrons. The van der Waals surface area contributed by atoms with E-state index in [2.05, 4.69) is 47.6 Å². The van der Waals surface area contributed by atoms with Gasteiger partial charge in [-0.2, -0.15) is 0 Å². The highest BCUT2D eigenvalue weighted by atomic mass is 16.5. The van der Waals surface area contributed by atoms with Crippen molar-refractivity contribution < 1.29 is 14.3 Å². The van der Waals surface area contributed by atoms with Gasteiger partial charge >= 0.3 is 6.03 Å². The molecule has 1 aromatic heterocycles. The summed E-state index contributed by atoms with van der Waals surface area (Å²) in [6, 6.07) is 17.8. The van der Waals surface area contributed by atoms with Crippen LogP contribution in [-0.2, 0) is 24.5 Å². The van der Waals surface area contributed by atoms with E-state index in [0.29, 0.717) is 38.6 Å². The number of aryl methyl sites for hydroxylation is 1. The molecule has 6 heteroatoms. The first kappa shape index (κ1) is 19.9. The highest BCUT2D eigenvalue weighted by molar-refractivity contribution is 5.89. The van der Waals surface area contributed by atoms with Crippen LogP contribution >= 0.6 is 0 Å². The molecule has 0 unspecified atom stereocenters. The van der Waals surface area contributed by atoms with Gasteiger partial charge in [0, 0.05) is 11.8 Å². The molecule has 1 N–H and O–H groups in total. The standard InChI is InChI=1S/C24H25N3O3/c1-18-4-6-19(7-5-18)16-29-17-20-8-9-23-21(13-20)15-27(11-12-30-23)24(28)26-22-3-2-10-25-14-22/h2-10,13-14H,11-12,15-17H2,1H3,(H,26,28). The first-order valence-electron chi connectivity index (χ1n) is 10.0. The number of benzene rings is 2. The number of nitrogens with one attached hydrogen (secondary N) is 1. The number of rotatable bonds is 5. The molecule has 0 atom stereocenters. The Morgan fingerprint density at radius 2 is 1.93 bits per heavy atom. The van der Waals surface area contributed by atoms with Gasteiger partial charge in [0.15, 0.2) is 0 Å². The van der Waals surface area contributed by atoms with Crippen LogP contribution in [0.15, 0.2) is 67.0 Å². The highest BCUT2D eigenvalue weighted by Crippen LogP contribution is 2.25. The molecular weight excluding hydrogens is 378 g/mol. The van der Waals surface area contributed by atoms with Gasteiger partial charge in [-0.05, 0) is 42.3 Å². The van der Waals surface area contributed by atoms with Crippen LogP contribution in [0.1, 0.15) is 22.3 Å². The molecule has 2 aromatic carbocycles. The number of carbonyl (C=O) groups is 1. The molecule has 0 aliphatic carbocycles. The Labute approximate surface area is 176 Å². The van der Waals surface area contributed by atoms with Crippen molar-refractivity contribution in [2.24, 2.45) is 0 Å². The second-order valence-electron chi connectivity index (χ2n) is 7.36. The minimum atomic E-state index is -0.166. The van der Waals surface area contributed by atoms with Crippen molar-refractivity contribution >= 4 is 11.7 Å². The number of urea groups is 1. The normalized spacial score (nSPS) is 13.2. The zero-order valence-electron chi connectivity index (χ0n) is 17.0. The van der Waals surface area contributed by atoms with Crippen LogP contribution in [0.5, 0.6) is 5.75 Å². The summed E-state index contributed by atoms with van der Waals surface area (Å²) in [5.74, 6) is 0.814. The van der Waals surface area contributed by atoms with E-state index in [1.54, 1.807) is 23.4 Å². The molecular formula is C24H25N3O3. The molecule has 6 nitrogen and oxygen atoms in total. The van der Waals surface area contributed by atoms with Gasteiger partial charge in [-0.3, -0.25) is 4.98 Å². The third-order valence-electron chi connectivity index (χ3n) is 4.96. The lowest BCUT2D eigenvalue weighted by atomic mass is 10.1. The lowest BCUT2D eigenvalue weighted by Crippen LogP contribution is -2.36. The van der Waals surface area contributed by atoms with E-state index in [-0.39, 0.29) is 6.03 Å². The van der Waals surface area contributed by atoms with E-state index in [9.17, 15) is 4.79 Å². The van der Waals surface area contributed by atoms with Crippen LogP contribution in [-0.4, -0.2) is 29.1 Å². The number of carbonyl (C=O) groups excluding carboxylic acids is 1. The second-order valence-corrected chi connectivity index (χ2v) is 7.36. The fraction of sp³-hybridized carbons (Fsp3) is 0.250. The molecule has 154 valence electrons. The molecule has 2 amide bonds. The van der Waals surface area contributed by atoms with Crippen molar-refractivity contribution in [1.29, 1.82) is 0 Å². The van der Waals surface area contributed by atoms with Crippen LogP contribution in [0.4, 0.5) is 10.5 Å². The van der Waals surface area contributed by atoms with E-state index in [4.69, 9.17) is 9.47 Å². The summed E-state index contributed by atoms with van der Waals surface area (Å²) in [5.41, 5.74) is 5.09. The number of nitrogens with zero attached hydrogens (tertiary/aromatic N) is 2. The van der Waals surface area contributed by atoms with Gasteiger partial charge in [-0.15, -0.1) is 0 Å². The number of hydrogen-bond acceptors (Lipinski definition) is 4. The van der Waals surface area contributed by atoms with Crippen LogP contribution in [0.3, 0.4) is 0 Å². The predicted molar refractivity (Wildman–Crippen MR) is 115 cm³/mol. The maximum Gasteiger partial charge on any atom is 0.322 e. The Morgan fingerprint density at radius 1 is 1.13 bits per heavy atom. The minimum absolute atomic E-state index is 0.166. The van der Waals surface area contributed by atoms with Crippen molar-refractivity contribution in [2.75, 3.05) is 18.5 Å². The van der Waals surface area contributed by atoms with Crippen molar-refractivity contribution in [3.05, 3.63) is 89.2 Å². The Morgan fingerprint density at radius 3 is 2.73 bits per heavy atom. The first-order chi connectivity index (χ1) is 14.7. The van der Waals surface area contributed by atoms with Gasteiger partial charge in [0.25, 0.3) is 0 Å². The summed E-state index contributed by atoms with van der Waals surface area (Å²) in [6.45, 7) is 4.59. The fourth-order valence-electron chi connectivity index (χ4n) is 3.32. The Balaban J connectivity index is 1.38. The maximum atomic E-state index is 12.7. The van der Waals surface area contributed by atoms with Gasteiger partial charge in [-0.1, -0.05) is 35.9 Å². The zero-order valence-corrected chi connectivity index (χ0v) is 17.0. The molecule has 30 heavy (non-hydrogen) atoms. The third-order valence-corrected chi connectivity index (χ3v) is 4.96. The van der Waals surface area contributed by atoms with Crippen molar-refractivity contribution in [3.63, 3.8) is 0 Å².